The summed E-state index contributed by atoms with van der Waals surface area (Å²) in [5.74, 6) is 2.40. The third-order valence-corrected chi connectivity index (χ3v) is 5.96. The molecule has 5 rings (SSSR count). The zero-order valence-electron chi connectivity index (χ0n) is 18.4. The second kappa shape index (κ2) is 9.23. The molecule has 4 heterocycles. The van der Waals surface area contributed by atoms with E-state index in [-0.39, 0.29) is 11.8 Å². The van der Waals surface area contributed by atoms with Crippen molar-refractivity contribution in [3.8, 4) is 17.1 Å². The van der Waals surface area contributed by atoms with Crippen LogP contribution in [0.25, 0.3) is 17.0 Å². The van der Waals surface area contributed by atoms with Crippen LogP contribution in [0.15, 0.2) is 60.8 Å². The number of pyridine rings is 1. The normalized spacial score (nSPS) is 14.4. The number of ether oxygens (including phenoxy) is 1. The Hall–Kier alpha value is -4.01. The Balaban J connectivity index is 1.25. The number of anilines is 1. The minimum Gasteiger partial charge on any atom is -0.497 e. The first-order valence-electron chi connectivity index (χ1n) is 11.0. The minimum absolute atomic E-state index is 0.00142. The van der Waals surface area contributed by atoms with E-state index < -0.39 is 0 Å². The third-order valence-electron chi connectivity index (χ3n) is 5.96. The second-order valence-corrected chi connectivity index (χ2v) is 8.01. The van der Waals surface area contributed by atoms with E-state index >= 15 is 0 Å². The van der Waals surface area contributed by atoms with Crippen LogP contribution in [0.1, 0.15) is 18.5 Å². The highest BCUT2D eigenvalue weighted by atomic mass is 16.5. The van der Waals surface area contributed by atoms with Crippen LogP contribution in [0, 0.1) is 5.92 Å². The molecule has 1 fully saturated rings. The number of methoxy groups -OCH3 is 1. The first-order valence-corrected chi connectivity index (χ1v) is 11.0. The highest BCUT2D eigenvalue weighted by Gasteiger charge is 2.26. The number of nitrogens with one attached hydrogen (secondary N) is 1. The fraction of sp³-hybridized carbons (Fsp3) is 0.292. The van der Waals surface area contributed by atoms with E-state index in [9.17, 15) is 4.79 Å². The number of piperidine rings is 1. The monoisotopic (exact) mass is 443 g/mol. The Bertz CT molecular complexity index is 1230. The fourth-order valence-corrected chi connectivity index (χ4v) is 4.06. The highest BCUT2D eigenvalue weighted by Crippen LogP contribution is 2.25. The van der Waals surface area contributed by atoms with Gasteiger partial charge in [-0.15, -0.1) is 15.3 Å². The molecule has 33 heavy (non-hydrogen) atoms. The van der Waals surface area contributed by atoms with Gasteiger partial charge in [0.1, 0.15) is 11.6 Å². The lowest BCUT2D eigenvalue weighted by molar-refractivity contribution is -0.125. The number of carbonyl (C=O) groups is 1. The zero-order chi connectivity index (χ0) is 22.6. The molecule has 3 aromatic heterocycles. The Morgan fingerprint density at radius 3 is 2.61 bits per heavy atom. The van der Waals surface area contributed by atoms with Gasteiger partial charge in [0.2, 0.25) is 5.91 Å². The van der Waals surface area contributed by atoms with Crippen molar-refractivity contribution in [3.63, 3.8) is 0 Å². The van der Waals surface area contributed by atoms with Crippen molar-refractivity contribution in [2.75, 3.05) is 25.1 Å². The zero-order valence-corrected chi connectivity index (χ0v) is 18.4. The molecule has 1 amide bonds. The minimum atomic E-state index is -0.00142. The Kier molecular flexibility index (Phi) is 5.84. The molecule has 0 saturated carbocycles. The summed E-state index contributed by atoms with van der Waals surface area (Å²) in [5, 5.41) is 16.4. The topological polar surface area (TPSA) is 97.5 Å². The Morgan fingerprint density at radius 2 is 1.88 bits per heavy atom. The Morgan fingerprint density at radius 1 is 1.06 bits per heavy atom. The third kappa shape index (κ3) is 4.48. The summed E-state index contributed by atoms with van der Waals surface area (Å²) in [7, 11) is 1.64. The molecule has 1 saturated heterocycles. The molecule has 0 radical (unpaired) electrons. The summed E-state index contributed by atoms with van der Waals surface area (Å²) in [4.78, 5) is 19.1. The van der Waals surface area contributed by atoms with E-state index in [0.717, 1.165) is 48.8 Å². The van der Waals surface area contributed by atoms with Crippen LogP contribution in [0.3, 0.4) is 0 Å². The summed E-state index contributed by atoms with van der Waals surface area (Å²) in [5.41, 5.74) is 2.46. The maximum Gasteiger partial charge on any atom is 0.223 e. The average molecular weight is 444 g/mol. The van der Waals surface area contributed by atoms with Gasteiger partial charge in [-0.25, -0.2) is 0 Å². The number of fused-ring (bicyclic) bond motifs is 1. The first-order chi connectivity index (χ1) is 16.2. The van der Waals surface area contributed by atoms with Gasteiger partial charge in [-0.1, -0.05) is 6.07 Å². The van der Waals surface area contributed by atoms with E-state index in [2.05, 4.69) is 25.4 Å². The maximum absolute atomic E-state index is 12.6. The largest absolute Gasteiger partial charge is 0.497 e. The number of rotatable bonds is 6. The van der Waals surface area contributed by atoms with Gasteiger partial charge in [0.25, 0.3) is 0 Å². The van der Waals surface area contributed by atoms with Gasteiger partial charge in [-0.3, -0.25) is 9.78 Å². The number of aromatic nitrogens is 5. The summed E-state index contributed by atoms with van der Waals surface area (Å²) in [6.07, 6.45) is 3.29. The van der Waals surface area contributed by atoms with E-state index in [0.29, 0.717) is 18.0 Å². The van der Waals surface area contributed by atoms with E-state index in [4.69, 9.17) is 9.84 Å². The van der Waals surface area contributed by atoms with Crippen molar-refractivity contribution in [3.05, 3.63) is 66.5 Å². The summed E-state index contributed by atoms with van der Waals surface area (Å²) < 4.78 is 7.01. The standard InChI is InChI=1S/C24H25N7O2/c1-33-20-7-5-17(6-8-20)23-28-27-21-9-10-22(29-31(21)23)30-14-11-18(12-15-30)24(32)26-16-19-4-2-3-13-25-19/h2-10,13,18H,11-12,14-16H2,1H3,(H,26,32). The molecule has 1 aliphatic heterocycles. The molecule has 168 valence electrons. The lowest BCUT2D eigenvalue weighted by atomic mass is 9.96. The molecule has 1 N–H and O–H groups in total. The molecule has 0 aliphatic carbocycles. The molecular weight excluding hydrogens is 418 g/mol. The van der Waals surface area contributed by atoms with Crippen LogP contribution in [-0.4, -0.2) is 50.9 Å². The smallest absolute Gasteiger partial charge is 0.223 e. The number of benzene rings is 1. The molecule has 0 atom stereocenters. The van der Waals surface area contributed by atoms with Crippen LogP contribution in [0.5, 0.6) is 5.75 Å². The van der Waals surface area contributed by atoms with Crippen molar-refractivity contribution in [1.29, 1.82) is 0 Å². The van der Waals surface area contributed by atoms with E-state index in [1.54, 1.807) is 17.8 Å². The molecule has 9 nitrogen and oxygen atoms in total. The maximum atomic E-state index is 12.6. The first kappa shape index (κ1) is 20.9. The molecule has 9 heteroatoms. The van der Waals surface area contributed by atoms with Crippen molar-refractivity contribution >= 4 is 17.4 Å². The van der Waals surface area contributed by atoms with E-state index in [1.807, 2.05) is 54.6 Å². The van der Waals surface area contributed by atoms with Gasteiger partial charge in [0, 0.05) is 30.8 Å². The van der Waals surface area contributed by atoms with Gasteiger partial charge in [0.15, 0.2) is 11.5 Å². The SMILES string of the molecule is COc1ccc(-c2nnc3ccc(N4CCC(C(=O)NCc5ccccn5)CC4)nn23)cc1. The van der Waals surface area contributed by atoms with Crippen molar-refractivity contribution in [2.24, 2.45) is 5.92 Å². The predicted molar refractivity (Wildman–Crippen MR) is 124 cm³/mol. The Labute approximate surface area is 191 Å². The predicted octanol–water partition coefficient (Wildman–Crippen LogP) is 2.73. The van der Waals surface area contributed by atoms with Gasteiger partial charge >= 0.3 is 0 Å². The van der Waals surface area contributed by atoms with Crippen molar-refractivity contribution < 1.29 is 9.53 Å². The molecule has 4 aromatic rings. The van der Waals surface area contributed by atoms with E-state index in [1.165, 1.54) is 0 Å². The summed E-state index contributed by atoms with van der Waals surface area (Å²) in [6.45, 7) is 1.99. The van der Waals surface area contributed by atoms with Crippen LogP contribution in [0.4, 0.5) is 5.82 Å². The number of hydrogen-bond donors (Lipinski definition) is 1. The lowest BCUT2D eigenvalue weighted by Gasteiger charge is -2.32. The quantitative estimate of drug-likeness (QED) is 0.489. The summed E-state index contributed by atoms with van der Waals surface area (Å²) in [6, 6.07) is 17.3. The average Bonchev–Trinajstić information content (AvgIpc) is 3.31. The van der Waals surface area contributed by atoms with Crippen molar-refractivity contribution in [2.45, 2.75) is 19.4 Å². The van der Waals surface area contributed by atoms with Crippen LogP contribution < -0.4 is 15.0 Å². The second-order valence-electron chi connectivity index (χ2n) is 8.01. The number of carbonyl (C=O) groups excluding carboxylic acids is 1. The van der Waals surface area contributed by atoms with Crippen molar-refractivity contribution in [1.82, 2.24) is 30.1 Å². The fourth-order valence-electron chi connectivity index (χ4n) is 4.06. The van der Waals surface area contributed by atoms with Crippen LogP contribution >= 0.6 is 0 Å². The summed E-state index contributed by atoms with van der Waals surface area (Å²) >= 11 is 0. The lowest BCUT2D eigenvalue weighted by Crippen LogP contribution is -2.40. The molecular formula is C24H25N7O2. The van der Waals surface area contributed by atoms with Gasteiger partial charge in [-0.05, 0) is 61.4 Å². The van der Waals surface area contributed by atoms with Gasteiger partial charge < -0.3 is 15.0 Å². The molecule has 0 unspecified atom stereocenters. The van der Waals surface area contributed by atoms with Gasteiger partial charge in [0.05, 0.1) is 19.3 Å². The molecule has 1 aromatic carbocycles. The number of nitrogens with zero attached hydrogens (tertiary/aromatic N) is 6. The highest BCUT2D eigenvalue weighted by molar-refractivity contribution is 5.79. The molecule has 0 spiro atoms. The molecule has 0 bridgehead atoms. The molecule has 1 aliphatic rings. The number of amides is 1. The number of hydrogen-bond acceptors (Lipinski definition) is 7. The van der Waals surface area contributed by atoms with Crippen LogP contribution in [0.2, 0.25) is 0 Å². The van der Waals surface area contributed by atoms with Gasteiger partial charge in [-0.2, -0.15) is 4.52 Å². The van der Waals surface area contributed by atoms with Crippen LogP contribution in [-0.2, 0) is 11.3 Å².